The molecule has 2 saturated heterocycles. The molecule has 51 heavy (non-hydrogen) atoms. The molecule has 10 nitrogen and oxygen atoms in total. The van der Waals surface area contributed by atoms with Crippen LogP contribution < -0.4 is 11.1 Å². The third-order valence-electron chi connectivity index (χ3n) is 6.69. The summed E-state index contributed by atoms with van der Waals surface area (Å²) < 4.78 is 0. The molecule has 4 rings (SSSR count). The van der Waals surface area contributed by atoms with E-state index >= 15 is 0 Å². The fraction of sp³-hybridized carbons (Fsp3) is 0.459. The topological polar surface area (TPSA) is 131 Å². The van der Waals surface area contributed by atoms with Crippen molar-refractivity contribution in [3.8, 4) is 0 Å². The van der Waals surface area contributed by atoms with Crippen LogP contribution in [-0.2, 0) is 55.2 Å². The maximum Gasteiger partial charge on any atom is 2.00 e. The summed E-state index contributed by atoms with van der Waals surface area (Å²) in [6.07, 6.45) is 17.6. The Morgan fingerprint density at radius 1 is 0.706 bits per heavy atom. The Labute approximate surface area is 341 Å². The molecule has 6 radical (unpaired) electrons. The Kier molecular flexibility index (Phi) is 46.4. The van der Waals surface area contributed by atoms with E-state index in [0.29, 0.717) is 6.04 Å². The second-order valence-corrected chi connectivity index (χ2v) is 10.4. The molecule has 2 fully saturated rings. The standard InChI is InChI=1S/C16H21N3O2.C14H20N2.C3H5NO2.2C2H6.2B.2W/c20-19(21)13-10-17-16-8-4-11-18(12-5-9-16)14-15-6-2-1-3-7-15;15-14-8-4-10-16(11-5-9-14)12-13-6-2-1-3-7-13;1-2-3-4(5)6;2*1-2;;;;/h1-7,10,13,16-17H,8-9,11-12,14H2;1-7,14H,8-12,15H2;2-3H,1H3;2*1-2H3;;;;/q2*-2;;;;;;2*+2/b13-10-;;3-2-;;;;;;. The van der Waals surface area contributed by atoms with E-state index < -0.39 is 9.85 Å². The number of hydrogen-bond acceptors (Lipinski definition) is 8. The molecule has 2 aromatic carbocycles. The molecule has 0 aliphatic carbocycles. The van der Waals surface area contributed by atoms with Gasteiger partial charge in [-0.3, -0.25) is 20.2 Å². The molecular weight excluding hydrogens is 982 g/mol. The zero-order chi connectivity index (χ0) is 35.1. The number of rotatable bonds is 8. The van der Waals surface area contributed by atoms with Gasteiger partial charge in [0, 0.05) is 29.9 Å². The monoisotopic (exact) mass is 1040 g/mol. The fourth-order valence-corrected chi connectivity index (χ4v) is 4.64. The van der Waals surface area contributed by atoms with E-state index in [0.717, 1.165) is 77.4 Å². The van der Waals surface area contributed by atoms with Crippen molar-refractivity contribution in [3.05, 3.63) is 142 Å². The normalized spacial score (nSPS) is 15.3. The molecule has 2 aliphatic rings. The summed E-state index contributed by atoms with van der Waals surface area (Å²) in [5.41, 5.74) is 8.63. The average molecular weight is 1040 g/mol. The van der Waals surface area contributed by atoms with E-state index in [1.54, 1.807) is 6.92 Å². The van der Waals surface area contributed by atoms with Crippen molar-refractivity contribution in [2.45, 2.75) is 85.5 Å². The third-order valence-corrected chi connectivity index (χ3v) is 6.69. The molecule has 2 aromatic rings. The van der Waals surface area contributed by atoms with Gasteiger partial charge in [0.2, 0.25) is 12.4 Å². The molecule has 0 atom stereocenters. The minimum absolute atomic E-state index is 0. The molecule has 2 aliphatic heterocycles. The first-order chi connectivity index (χ1) is 22.9. The largest absolute Gasteiger partial charge is 2.00 e. The summed E-state index contributed by atoms with van der Waals surface area (Å²) >= 11 is 0. The second kappa shape index (κ2) is 40.7. The number of nitrogens with one attached hydrogen (secondary N) is 1. The molecule has 0 unspecified atom stereocenters. The Balaban J connectivity index is -0.000000210. The number of allylic oxidation sites excluding steroid dienone is 1. The Morgan fingerprint density at radius 3 is 1.37 bits per heavy atom. The third kappa shape index (κ3) is 33.5. The van der Waals surface area contributed by atoms with Crippen molar-refractivity contribution < 1.29 is 52.0 Å². The van der Waals surface area contributed by atoms with Gasteiger partial charge in [-0.1, -0.05) is 94.4 Å². The van der Waals surface area contributed by atoms with Crippen molar-refractivity contribution >= 4 is 16.8 Å². The fourth-order valence-electron chi connectivity index (χ4n) is 4.64. The van der Waals surface area contributed by atoms with Crippen LogP contribution >= 0.6 is 0 Å². The van der Waals surface area contributed by atoms with E-state index in [1.165, 1.54) is 23.4 Å². The van der Waals surface area contributed by atoms with E-state index in [-0.39, 0.29) is 65.0 Å². The van der Waals surface area contributed by atoms with Gasteiger partial charge in [0.15, 0.2) is 0 Å². The molecule has 2 heterocycles. The summed E-state index contributed by atoms with van der Waals surface area (Å²) in [7, 11) is 0. The van der Waals surface area contributed by atoms with Crippen molar-refractivity contribution in [1.29, 1.82) is 0 Å². The van der Waals surface area contributed by atoms with Crippen LogP contribution in [0.4, 0.5) is 0 Å². The molecule has 278 valence electrons. The van der Waals surface area contributed by atoms with Gasteiger partial charge >= 0.3 is 42.1 Å². The molecule has 3 N–H and O–H groups in total. The molecular formula is C37H58B2N6O4W2. The zero-order valence-electron chi connectivity index (χ0n) is 31.1. The van der Waals surface area contributed by atoms with Crippen LogP contribution in [-0.4, -0.2) is 74.7 Å². The van der Waals surface area contributed by atoms with Crippen LogP contribution in [0, 0.1) is 45.9 Å². The van der Waals surface area contributed by atoms with E-state index in [4.69, 9.17) is 5.73 Å². The van der Waals surface area contributed by atoms with Gasteiger partial charge in [0.1, 0.15) is 0 Å². The summed E-state index contributed by atoms with van der Waals surface area (Å²) in [6.45, 7) is 15.5. The van der Waals surface area contributed by atoms with Crippen LogP contribution in [0.2, 0.25) is 0 Å². The number of benzene rings is 2. The van der Waals surface area contributed by atoms with Crippen LogP contribution in [0.5, 0.6) is 0 Å². The predicted molar refractivity (Wildman–Crippen MR) is 206 cm³/mol. The maximum absolute atomic E-state index is 10.2. The number of nitro groups is 2. The van der Waals surface area contributed by atoms with Crippen LogP contribution in [0.1, 0.15) is 71.4 Å². The van der Waals surface area contributed by atoms with E-state index in [9.17, 15) is 20.2 Å². The molecule has 14 heteroatoms. The quantitative estimate of drug-likeness (QED) is 0.133. The van der Waals surface area contributed by atoms with Gasteiger partial charge < -0.3 is 46.5 Å². The van der Waals surface area contributed by atoms with Crippen molar-refractivity contribution in [1.82, 2.24) is 15.1 Å². The number of likely N-dealkylation sites (tertiary alicyclic amines) is 2. The van der Waals surface area contributed by atoms with E-state index in [1.807, 2.05) is 33.8 Å². The van der Waals surface area contributed by atoms with Gasteiger partial charge in [-0.25, -0.2) is 0 Å². The van der Waals surface area contributed by atoms with Crippen LogP contribution in [0.3, 0.4) is 0 Å². The van der Waals surface area contributed by atoms with Crippen molar-refractivity contribution in [2.75, 3.05) is 26.2 Å². The van der Waals surface area contributed by atoms with Gasteiger partial charge in [-0.15, -0.1) is 26.2 Å². The van der Waals surface area contributed by atoms with Crippen LogP contribution in [0.25, 0.3) is 0 Å². The number of hydrogen-bond donors (Lipinski definition) is 2. The SMILES string of the molecule is C/C=C\[N+](=O)[O-].CC.CC.NC1C[CH-]CN(Cc2ccccc2)C[CH-]C1.O=[N+]([O-])/C=C\NC1C[CH-]CN(Cc2ccccc2)C[CH-]C1.[B].[B].[W+2].[W+2]. The van der Waals surface area contributed by atoms with E-state index in [2.05, 4.69) is 95.4 Å². The Hall–Kier alpha value is -2.09. The van der Waals surface area contributed by atoms with Gasteiger partial charge in [0.25, 0.3) is 0 Å². The summed E-state index contributed by atoms with van der Waals surface area (Å²) in [4.78, 5) is 23.4. The van der Waals surface area contributed by atoms with Crippen molar-refractivity contribution in [2.24, 2.45) is 5.73 Å². The Bertz CT molecular complexity index is 1090. The smallest absolute Gasteiger partial charge is 0.388 e. The van der Waals surface area contributed by atoms with Crippen LogP contribution in [0.15, 0.2) is 85.3 Å². The summed E-state index contributed by atoms with van der Waals surface area (Å²) in [6, 6.07) is 21.7. The first kappa shape index (κ1) is 58.2. The van der Waals surface area contributed by atoms with Gasteiger partial charge in [-0.2, -0.15) is 25.7 Å². The zero-order valence-corrected chi connectivity index (χ0v) is 37.0. The maximum atomic E-state index is 10.2. The first-order valence-electron chi connectivity index (χ1n) is 16.7. The predicted octanol–water partition coefficient (Wildman–Crippen LogP) is 6.50. The molecule has 0 saturated carbocycles. The van der Waals surface area contributed by atoms with Gasteiger partial charge in [-0.05, 0) is 30.2 Å². The number of nitrogens with zero attached hydrogens (tertiary/aromatic N) is 4. The second-order valence-electron chi connectivity index (χ2n) is 10.4. The molecule has 0 aromatic heterocycles. The average Bonchev–Trinajstić information content (AvgIpc) is 3.05. The summed E-state index contributed by atoms with van der Waals surface area (Å²) in [5, 5.41) is 22.6. The molecule has 0 spiro atoms. The minimum Gasteiger partial charge on any atom is -0.388 e. The van der Waals surface area contributed by atoms with Gasteiger partial charge in [0.05, 0.1) is 16.0 Å². The number of nitrogens with two attached hydrogens (primary N) is 1. The first-order valence-corrected chi connectivity index (χ1v) is 16.7. The minimum atomic E-state index is -0.500. The van der Waals surface area contributed by atoms with Crippen molar-refractivity contribution in [3.63, 3.8) is 0 Å². The Morgan fingerprint density at radius 2 is 1.06 bits per heavy atom. The summed E-state index contributed by atoms with van der Waals surface area (Å²) in [5.74, 6) is 0. The molecule has 0 amide bonds. The molecule has 0 bridgehead atoms.